The molecule has 1 atom stereocenters. The summed E-state index contributed by atoms with van der Waals surface area (Å²) in [6, 6.07) is 8.60. The Hall–Kier alpha value is -2.32. The van der Waals surface area contributed by atoms with Crippen molar-refractivity contribution in [1.29, 1.82) is 0 Å². The van der Waals surface area contributed by atoms with E-state index < -0.39 is 0 Å². The van der Waals surface area contributed by atoms with Gasteiger partial charge in [-0.2, -0.15) is 0 Å². The van der Waals surface area contributed by atoms with Crippen LogP contribution in [0.15, 0.2) is 30.5 Å². The molecule has 2 aromatic heterocycles. The average Bonchev–Trinajstić information content (AvgIpc) is 3.34. The van der Waals surface area contributed by atoms with Crippen LogP contribution in [0.3, 0.4) is 0 Å². The SMILES string of the molecule is Cc1cc(Cl)cc(-c2ccnc3cc(CN4C(=O)CCC4=O)sc23)c1CN1CCNC[C@@H]1C. The number of pyridine rings is 1. The van der Waals surface area contributed by atoms with Gasteiger partial charge < -0.3 is 5.32 Å². The number of nitrogens with zero attached hydrogens (tertiary/aromatic N) is 3. The second-order valence-corrected chi connectivity index (χ2v) is 10.5. The minimum atomic E-state index is -0.0940. The van der Waals surface area contributed by atoms with E-state index in [2.05, 4.69) is 35.1 Å². The van der Waals surface area contributed by atoms with Crippen LogP contribution in [0.5, 0.6) is 0 Å². The third-order valence-electron chi connectivity index (χ3n) is 6.66. The molecule has 0 radical (unpaired) electrons. The number of hydrogen-bond donors (Lipinski definition) is 1. The number of piperazine rings is 1. The molecule has 4 heterocycles. The predicted molar refractivity (Wildman–Crippen MR) is 132 cm³/mol. The van der Waals surface area contributed by atoms with Crippen LogP contribution < -0.4 is 5.32 Å². The standard InChI is InChI=1S/C25H27ClN4O2S/c1-15-9-17(26)10-20(21(15)14-29-8-7-27-12-16(29)2)19-5-6-28-22-11-18(33-25(19)22)13-30-23(31)3-4-24(30)32/h5-6,9-11,16,27H,3-4,7-8,12-14H2,1-2H3/t16-/m0/s1. The number of imide groups is 1. The maximum absolute atomic E-state index is 12.1. The number of thiophene rings is 1. The summed E-state index contributed by atoms with van der Waals surface area (Å²) in [7, 11) is 0. The lowest BCUT2D eigenvalue weighted by molar-refractivity contribution is -0.138. The largest absolute Gasteiger partial charge is 0.314 e. The van der Waals surface area contributed by atoms with Crippen molar-refractivity contribution in [2.45, 2.75) is 45.8 Å². The molecule has 2 aliphatic heterocycles. The number of rotatable bonds is 5. The molecule has 2 aliphatic rings. The minimum absolute atomic E-state index is 0.0940. The Morgan fingerprint density at radius 3 is 2.70 bits per heavy atom. The van der Waals surface area contributed by atoms with E-state index in [0.717, 1.165) is 57.4 Å². The Labute approximate surface area is 202 Å². The topological polar surface area (TPSA) is 65.5 Å². The number of carbonyl (C=O) groups excluding carboxylic acids is 2. The fourth-order valence-electron chi connectivity index (χ4n) is 4.78. The molecule has 172 valence electrons. The number of aryl methyl sites for hydroxylation is 1. The summed E-state index contributed by atoms with van der Waals surface area (Å²) < 4.78 is 1.06. The molecule has 2 saturated heterocycles. The van der Waals surface area contributed by atoms with Crippen molar-refractivity contribution in [3.05, 3.63) is 51.5 Å². The fourth-order valence-corrected chi connectivity index (χ4v) is 6.18. The normalized spacial score (nSPS) is 19.7. The highest BCUT2D eigenvalue weighted by Crippen LogP contribution is 2.39. The zero-order valence-corrected chi connectivity index (χ0v) is 20.4. The number of fused-ring (bicyclic) bond motifs is 1. The van der Waals surface area contributed by atoms with Crippen molar-refractivity contribution in [3.8, 4) is 11.1 Å². The van der Waals surface area contributed by atoms with Crippen molar-refractivity contribution in [2.75, 3.05) is 19.6 Å². The van der Waals surface area contributed by atoms with Gasteiger partial charge in [-0.3, -0.25) is 24.4 Å². The molecule has 0 bridgehead atoms. The average molecular weight is 483 g/mol. The van der Waals surface area contributed by atoms with Crippen LogP contribution in [0.4, 0.5) is 0 Å². The van der Waals surface area contributed by atoms with Gasteiger partial charge in [0.05, 0.1) is 16.8 Å². The molecule has 2 fully saturated rings. The van der Waals surface area contributed by atoms with Crippen LogP contribution in [0.1, 0.15) is 35.8 Å². The lowest BCUT2D eigenvalue weighted by Crippen LogP contribution is -2.49. The molecular formula is C25H27ClN4O2S. The number of halogens is 1. The number of aromatic nitrogens is 1. The highest BCUT2D eigenvalue weighted by Gasteiger charge is 2.29. The van der Waals surface area contributed by atoms with Gasteiger partial charge in [0, 0.05) is 66.7 Å². The van der Waals surface area contributed by atoms with Gasteiger partial charge in [0.25, 0.3) is 0 Å². The Bertz CT molecular complexity index is 1220. The maximum atomic E-state index is 12.1. The molecule has 1 aromatic carbocycles. The van der Waals surface area contributed by atoms with Gasteiger partial charge >= 0.3 is 0 Å². The number of carbonyl (C=O) groups is 2. The van der Waals surface area contributed by atoms with E-state index in [1.54, 1.807) is 11.3 Å². The molecule has 0 unspecified atom stereocenters. The van der Waals surface area contributed by atoms with Crippen LogP contribution in [0.2, 0.25) is 5.02 Å². The van der Waals surface area contributed by atoms with Gasteiger partial charge in [0.2, 0.25) is 11.8 Å². The lowest BCUT2D eigenvalue weighted by atomic mass is 9.95. The summed E-state index contributed by atoms with van der Waals surface area (Å²) in [5.41, 5.74) is 5.56. The zero-order valence-electron chi connectivity index (χ0n) is 18.9. The van der Waals surface area contributed by atoms with Gasteiger partial charge in [0.15, 0.2) is 0 Å². The number of nitrogens with one attached hydrogen (secondary N) is 1. The first-order valence-electron chi connectivity index (χ1n) is 11.4. The third kappa shape index (κ3) is 4.43. The summed E-state index contributed by atoms with van der Waals surface area (Å²) in [6.07, 6.45) is 2.44. The predicted octanol–water partition coefficient (Wildman–Crippen LogP) is 4.37. The van der Waals surface area contributed by atoms with E-state index in [0.29, 0.717) is 25.4 Å². The Morgan fingerprint density at radius 2 is 1.94 bits per heavy atom. The quantitative estimate of drug-likeness (QED) is 0.547. The summed E-state index contributed by atoms with van der Waals surface area (Å²) in [6.45, 7) is 8.56. The van der Waals surface area contributed by atoms with Gasteiger partial charge in [-0.05, 0) is 54.8 Å². The molecule has 3 aromatic rings. The van der Waals surface area contributed by atoms with Gasteiger partial charge in [-0.25, -0.2) is 0 Å². The third-order valence-corrected chi connectivity index (χ3v) is 8.02. The van der Waals surface area contributed by atoms with Crippen LogP contribution in [0.25, 0.3) is 21.3 Å². The molecular weight excluding hydrogens is 456 g/mol. The zero-order chi connectivity index (χ0) is 23.1. The molecule has 0 spiro atoms. The monoisotopic (exact) mass is 482 g/mol. The Morgan fingerprint density at radius 1 is 1.15 bits per heavy atom. The summed E-state index contributed by atoms with van der Waals surface area (Å²) in [4.78, 5) is 33.6. The highest BCUT2D eigenvalue weighted by molar-refractivity contribution is 7.19. The van der Waals surface area contributed by atoms with Crippen molar-refractivity contribution in [2.24, 2.45) is 0 Å². The first kappa shape index (κ1) is 22.5. The van der Waals surface area contributed by atoms with E-state index in [-0.39, 0.29) is 11.8 Å². The molecule has 2 amide bonds. The van der Waals surface area contributed by atoms with Gasteiger partial charge in [-0.1, -0.05) is 11.6 Å². The first-order valence-corrected chi connectivity index (χ1v) is 12.5. The van der Waals surface area contributed by atoms with Gasteiger partial charge in [0.1, 0.15) is 0 Å². The molecule has 1 N–H and O–H groups in total. The van der Waals surface area contributed by atoms with Crippen molar-refractivity contribution >= 4 is 45.0 Å². The molecule has 8 heteroatoms. The first-order chi connectivity index (χ1) is 15.9. The fraction of sp³-hybridized carbons (Fsp3) is 0.400. The van der Waals surface area contributed by atoms with E-state index in [9.17, 15) is 9.59 Å². The number of likely N-dealkylation sites (tertiary alicyclic amines) is 1. The second-order valence-electron chi connectivity index (χ2n) is 8.93. The highest BCUT2D eigenvalue weighted by atomic mass is 35.5. The summed E-state index contributed by atoms with van der Waals surface area (Å²) in [5, 5.41) is 4.18. The van der Waals surface area contributed by atoms with Crippen LogP contribution in [-0.4, -0.2) is 52.3 Å². The van der Waals surface area contributed by atoms with Crippen LogP contribution >= 0.6 is 22.9 Å². The maximum Gasteiger partial charge on any atom is 0.230 e. The molecule has 5 rings (SSSR count). The van der Waals surface area contributed by atoms with Crippen LogP contribution in [-0.2, 0) is 22.7 Å². The number of amides is 2. The Balaban J connectivity index is 1.55. The molecule has 0 saturated carbocycles. The van der Waals surface area contributed by atoms with E-state index >= 15 is 0 Å². The Kier molecular flexibility index (Phi) is 6.22. The van der Waals surface area contributed by atoms with E-state index in [4.69, 9.17) is 11.6 Å². The number of hydrogen-bond acceptors (Lipinski definition) is 6. The smallest absolute Gasteiger partial charge is 0.230 e. The summed E-state index contributed by atoms with van der Waals surface area (Å²) in [5.74, 6) is -0.188. The van der Waals surface area contributed by atoms with Crippen molar-refractivity contribution in [3.63, 3.8) is 0 Å². The van der Waals surface area contributed by atoms with Gasteiger partial charge in [-0.15, -0.1) is 11.3 Å². The second kappa shape index (κ2) is 9.14. The molecule has 6 nitrogen and oxygen atoms in total. The van der Waals surface area contributed by atoms with Crippen LogP contribution in [0, 0.1) is 6.92 Å². The van der Waals surface area contributed by atoms with Crippen molar-refractivity contribution in [1.82, 2.24) is 20.1 Å². The summed E-state index contributed by atoms with van der Waals surface area (Å²) >= 11 is 8.13. The number of benzene rings is 1. The van der Waals surface area contributed by atoms with E-state index in [1.807, 2.05) is 24.4 Å². The minimum Gasteiger partial charge on any atom is -0.314 e. The molecule has 0 aliphatic carbocycles. The van der Waals surface area contributed by atoms with E-state index in [1.165, 1.54) is 16.0 Å². The van der Waals surface area contributed by atoms with Crippen molar-refractivity contribution < 1.29 is 9.59 Å². The lowest BCUT2D eigenvalue weighted by Gasteiger charge is -2.35. The molecule has 33 heavy (non-hydrogen) atoms.